The van der Waals surface area contributed by atoms with E-state index in [9.17, 15) is 12.8 Å². The minimum Gasteiger partial charge on any atom is -0.392 e. The van der Waals surface area contributed by atoms with Crippen molar-refractivity contribution in [3.63, 3.8) is 0 Å². The molecule has 0 aliphatic carbocycles. The maximum atomic E-state index is 13.6. The Kier molecular flexibility index (Phi) is 4.47. The van der Waals surface area contributed by atoms with Gasteiger partial charge in [0.25, 0.3) is 0 Å². The number of aryl methyl sites for hydroxylation is 1. The van der Waals surface area contributed by atoms with Crippen molar-refractivity contribution in [3.8, 4) is 0 Å². The van der Waals surface area contributed by atoms with Gasteiger partial charge in [-0.2, -0.15) is 4.31 Å². The molecule has 0 radical (unpaired) electrons. The lowest BCUT2D eigenvalue weighted by Crippen LogP contribution is -2.33. The molecule has 0 unspecified atom stereocenters. The molecule has 18 heavy (non-hydrogen) atoms. The van der Waals surface area contributed by atoms with E-state index in [4.69, 9.17) is 5.11 Å². The van der Waals surface area contributed by atoms with Gasteiger partial charge in [0.1, 0.15) is 5.82 Å². The quantitative estimate of drug-likeness (QED) is 0.909. The number of sulfonamides is 1. The molecule has 0 fully saturated rings. The van der Waals surface area contributed by atoms with Crippen LogP contribution in [0.2, 0.25) is 0 Å². The summed E-state index contributed by atoms with van der Waals surface area (Å²) in [5.41, 5.74) is 0.197. The van der Waals surface area contributed by atoms with Crippen molar-refractivity contribution in [3.05, 3.63) is 29.1 Å². The van der Waals surface area contributed by atoms with Gasteiger partial charge in [-0.05, 0) is 38.5 Å². The third-order valence-corrected chi connectivity index (χ3v) is 4.89. The molecule has 0 saturated heterocycles. The zero-order valence-corrected chi connectivity index (χ0v) is 11.8. The average molecular weight is 275 g/mol. The minimum atomic E-state index is -3.65. The van der Waals surface area contributed by atoms with Crippen molar-refractivity contribution in [2.24, 2.45) is 0 Å². The molecule has 0 spiro atoms. The van der Waals surface area contributed by atoms with Crippen LogP contribution in [0, 0.1) is 12.7 Å². The van der Waals surface area contributed by atoms with Crippen molar-refractivity contribution >= 4 is 10.0 Å². The smallest absolute Gasteiger partial charge is 0.243 e. The summed E-state index contributed by atoms with van der Waals surface area (Å²) in [4.78, 5) is 0.00153. The standard InChI is InChI=1S/C12H18FNO3S/c1-8(2)14(4)18(16,17)11-5-9(3)12(13)10(6-11)7-15/h5-6,8,15H,7H2,1-4H3. The summed E-state index contributed by atoms with van der Waals surface area (Å²) in [7, 11) is -2.18. The summed E-state index contributed by atoms with van der Waals surface area (Å²) in [6.45, 7) is 4.45. The highest BCUT2D eigenvalue weighted by atomic mass is 32.2. The van der Waals surface area contributed by atoms with E-state index >= 15 is 0 Å². The molecule has 1 rings (SSSR count). The van der Waals surface area contributed by atoms with Crippen LogP contribution in [0.25, 0.3) is 0 Å². The number of nitrogens with zero attached hydrogens (tertiary/aromatic N) is 1. The van der Waals surface area contributed by atoms with Gasteiger partial charge in [-0.15, -0.1) is 0 Å². The number of benzene rings is 1. The molecule has 4 nitrogen and oxygen atoms in total. The van der Waals surface area contributed by atoms with Gasteiger partial charge >= 0.3 is 0 Å². The lowest BCUT2D eigenvalue weighted by Gasteiger charge is -2.21. The van der Waals surface area contributed by atoms with Crippen LogP contribution in [0.15, 0.2) is 17.0 Å². The number of aliphatic hydroxyl groups is 1. The second-order valence-corrected chi connectivity index (χ2v) is 6.48. The fraction of sp³-hybridized carbons (Fsp3) is 0.500. The maximum Gasteiger partial charge on any atom is 0.243 e. The first kappa shape index (κ1) is 15.1. The van der Waals surface area contributed by atoms with Crippen molar-refractivity contribution in [2.45, 2.75) is 38.3 Å². The molecule has 0 amide bonds. The second-order valence-electron chi connectivity index (χ2n) is 4.49. The SMILES string of the molecule is Cc1cc(S(=O)(=O)N(C)C(C)C)cc(CO)c1F. The lowest BCUT2D eigenvalue weighted by atomic mass is 10.1. The summed E-state index contributed by atoms with van der Waals surface area (Å²) < 4.78 is 39.2. The van der Waals surface area contributed by atoms with Crippen molar-refractivity contribution in [1.82, 2.24) is 4.31 Å². The Bertz CT molecular complexity index is 540. The van der Waals surface area contributed by atoms with E-state index in [2.05, 4.69) is 0 Å². The summed E-state index contributed by atoms with van der Waals surface area (Å²) in [6.07, 6.45) is 0. The Hall–Kier alpha value is -0.980. The molecule has 6 heteroatoms. The highest BCUT2D eigenvalue weighted by Gasteiger charge is 2.24. The largest absolute Gasteiger partial charge is 0.392 e. The van der Waals surface area contributed by atoms with Crippen LogP contribution in [0.1, 0.15) is 25.0 Å². The topological polar surface area (TPSA) is 57.6 Å². The minimum absolute atomic E-state index is 0.00153. The molecule has 0 aliphatic heterocycles. The first-order valence-electron chi connectivity index (χ1n) is 5.59. The molecule has 1 aromatic carbocycles. The number of aliphatic hydroxyl groups excluding tert-OH is 1. The molecule has 0 bridgehead atoms. The number of hydrogen-bond donors (Lipinski definition) is 1. The average Bonchev–Trinajstić information content (AvgIpc) is 2.30. The van der Waals surface area contributed by atoms with E-state index in [1.54, 1.807) is 13.8 Å². The van der Waals surface area contributed by atoms with Crippen LogP contribution in [-0.2, 0) is 16.6 Å². The van der Waals surface area contributed by atoms with Crippen LogP contribution in [0.4, 0.5) is 4.39 Å². The van der Waals surface area contributed by atoms with Gasteiger partial charge in [-0.3, -0.25) is 0 Å². The Morgan fingerprint density at radius 1 is 1.39 bits per heavy atom. The van der Waals surface area contributed by atoms with Gasteiger partial charge in [0.2, 0.25) is 10.0 Å². The first-order chi connectivity index (χ1) is 8.21. The Labute approximate surface area is 107 Å². The molecular weight excluding hydrogens is 257 g/mol. The fourth-order valence-electron chi connectivity index (χ4n) is 1.51. The normalized spacial score (nSPS) is 12.4. The van der Waals surface area contributed by atoms with E-state index in [1.807, 2.05) is 0 Å². The summed E-state index contributed by atoms with van der Waals surface area (Å²) in [5.74, 6) is -0.566. The second kappa shape index (κ2) is 5.34. The van der Waals surface area contributed by atoms with Crippen LogP contribution < -0.4 is 0 Å². The molecule has 0 heterocycles. The van der Waals surface area contributed by atoms with E-state index in [0.717, 1.165) is 0 Å². The van der Waals surface area contributed by atoms with Gasteiger partial charge in [0.15, 0.2) is 0 Å². The molecule has 1 aromatic rings. The van der Waals surface area contributed by atoms with E-state index in [-0.39, 0.29) is 22.1 Å². The molecule has 102 valence electrons. The van der Waals surface area contributed by atoms with Gasteiger partial charge in [0.05, 0.1) is 11.5 Å². The van der Waals surface area contributed by atoms with Gasteiger partial charge in [-0.1, -0.05) is 0 Å². The zero-order chi connectivity index (χ0) is 14.1. The van der Waals surface area contributed by atoms with Crippen molar-refractivity contribution in [1.29, 1.82) is 0 Å². The highest BCUT2D eigenvalue weighted by Crippen LogP contribution is 2.22. The van der Waals surface area contributed by atoms with Gasteiger partial charge in [0, 0.05) is 18.7 Å². The first-order valence-corrected chi connectivity index (χ1v) is 7.03. The highest BCUT2D eigenvalue weighted by molar-refractivity contribution is 7.89. The molecule has 0 atom stereocenters. The maximum absolute atomic E-state index is 13.6. The van der Waals surface area contributed by atoms with E-state index in [1.165, 1.54) is 30.4 Å². The van der Waals surface area contributed by atoms with Crippen molar-refractivity contribution in [2.75, 3.05) is 7.05 Å². The Morgan fingerprint density at radius 2 is 1.94 bits per heavy atom. The van der Waals surface area contributed by atoms with Crippen LogP contribution in [0.5, 0.6) is 0 Å². The number of hydrogen-bond acceptors (Lipinski definition) is 3. The predicted octanol–water partition coefficient (Wildman–Crippen LogP) is 1.66. The summed E-state index contributed by atoms with van der Waals surface area (Å²) in [6, 6.07) is 2.26. The monoisotopic (exact) mass is 275 g/mol. The van der Waals surface area contributed by atoms with E-state index < -0.39 is 22.4 Å². The molecule has 0 aliphatic rings. The van der Waals surface area contributed by atoms with Crippen molar-refractivity contribution < 1.29 is 17.9 Å². The summed E-state index contributed by atoms with van der Waals surface area (Å²) in [5, 5.41) is 9.03. The third-order valence-electron chi connectivity index (χ3n) is 2.88. The molecule has 0 aromatic heterocycles. The molecular formula is C12H18FNO3S. The molecule has 0 saturated carbocycles. The van der Waals surface area contributed by atoms with Crippen LogP contribution in [0.3, 0.4) is 0 Å². The predicted molar refractivity (Wildman–Crippen MR) is 67.1 cm³/mol. The van der Waals surface area contributed by atoms with E-state index in [0.29, 0.717) is 0 Å². The van der Waals surface area contributed by atoms with Crippen LogP contribution >= 0.6 is 0 Å². The van der Waals surface area contributed by atoms with Crippen LogP contribution in [-0.4, -0.2) is 30.9 Å². The third kappa shape index (κ3) is 2.71. The Balaban J connectivity index is 3.39. The summed E-state index contributed by atoms with van der Waals surface area (Å²) >= 11 is 0. The zero-order valence-electron chi connectivity index (χ0n) is 10.9. The van der Waals surface area contributed by atoms with Gasteiger partial charge in [-0.25, -0.2) is 12.8 Å². The Morgan fingerprint density at radius 3 is 2.39 bits per heavy atom. The molecule has 1 N–H and O–H groups in total. The number of halogens is 1. The lowest BCUT2D eigenvalue weighted by molar-refractivity contribution is 0.275. The van der Waals surface area contributed by atoms with Gasteiger partial charge < -0.3 is 5.11 Å². The number of rotatable bonds is 4. The fourth-order valence-corrected chi connectivity index (χ4v) is 3.02.